The van der Waals surface area contributed by atoms with Crippen molar-refractivity contribution in [2.45, 2.75) is 39.8 Å². The highest BCUT2D eigenvalue weighted by Gasteiger charge is 2.65. The molecular weight excluding hydrogens is 473 g/mol. The second kappa shape index (κ2) is 9.61. The number of piperazine rings is 1. The van der Waals surface area contributed by atoms with Gasteiger partial charge in [-0.25, -0.2) is 4.98 Å². The predicted molar refractivity (Wildman–Crippen MR) is 136 cm³/mol. The minimum Gasteiger partial charge on any atom is -0.489 e. The summed E-state index contributed by atoms with van der Waals surface area (Å²) in [7, 11) is 0. The molecule has 0 spiro atoms. The predicted octanol–water partition coefficient (Wildman–Crippen LogP) is 4.13. The van der Waals surface area contributed by atoms with E-state index in [1.807, 2.05) is 12.1 Å². The Morgan fingerprint density at radius 3 is 2.29 bits per heavy atom. The van der Waals surface area contributed by atoms with Crippen molar-refractivity contribution >= 4 is 35.7 Å². The normalized spacial score (nSPS) is 23.2. The zero-order chi connectivity index (χ0) is 24.0. The Hall–Kier alpha value is -2.53. The summed E-state index contributed by atoms with van der Waals surface area (Å²) in [6.07, 6.45) is 1.56. The molecule has 1 aromatic carbocycles. The molecule has 2 fully saturated rings. The zero-order valence-corrected chi connectivity index (χ0v) is 21.5. The van der Waals surface area contributed by atoms with Gasteiger partial charge in [0, 0.05) is 55.3 Å². The Morgan fingerprint density at radius 1 is 1.15 bits per heavy atom. The molecule has 1 aliphatic carbocycles. The molecule has 182 valence electrons. The number of nitrogens with zero attached hydrogens (tertiary/aromatic N) is 4. The lowest BCUT2D eigenvalue weighted by atomic mass is 9.48. The van der Waals surface area contributed by atoms with Crippen molar-refractivity contribution in [1.29, 1.82) is 5.26 Å². The first-order valence-corrected chi connectivity index (χ1v) is 11.5. The van der Waals surface area contributed by atoms with Gasteiger partial charge in [0.1, 0.15) is 23.7 Å². The van der Waals surface area contributed by atoms with E-state index in [9.17, 15) is 4.79 Å². The molecule has 2 heterocycles. The summed E-state index contributed by atoms with van der Waals surface area (Å²) < 4.78 is 6.42. The van der Waals surface area contributed by atoms with E-state index in [0.717, 1.165) is 32.0 Å². The van der Waals surface area contributed by atoms with Crippen LogP contribution in [-0.2, 0) is 0 Å². The molecule has 1 aliphatic heterocycles. The minimum atomic E-state index is -0.464. The average Bonchev–Trinajstić information content (AvgIpc) is 2.77. The topological polar surface area (TPSA) is 95.5 Å². The smallest absolute Gasteiger partial charge is 0.250 e. The number of carbonyl (C=O) groups is 1. The highest BCUT2D eigenvalue weighted by Crippen LogP contribution is 2.58. The van der Waals surface area contributed by atoms with E-state index < -0.39 is 5.91 Å². The summed E-state index contributed by atoms with van der Waals surface area (Å²) in [5.74, 6) is 1.10. The van der Waals surface area contributed by atoms with Gasteiger partial charge in [-0.05, 0) is 24.3 Å². The Balaban J connectivity index is 0.00000324. The van der Waals surface area contributed by atoms with Crippen LogP contribution < -0.4 is 15.4 Å². The number of nitrogens with two attached hydrogens (primary N) is 1. The van der Waals surface area contributed by atoms with Gasteiger partial charge < -0.3 is 15.4 Å². The number of hydrogen-bond donors (Lipinski definition) is 1. The lowest BCUT2D eigenvalue weighted by Gasteiger charge is -2.66. The van der Waals surface area contributed by atoms with E-state index in [4.69, 9.17) is 27.3 Å². The lowest BCUT2D eigenvalue weighted by molar-refractivity contribution is -0.210. The number of anilines is 1. The quantitative estimate of drug-likeness (QED) is 0.658. The van der Waals surface area contributed by atoms with Gasteiger partial charge in [-0.1, -0.05) is 39.3 Å². The molecule has 7 nitrogen and oxygen atoms in total. The van der Waals surface area contributed by atoms with Crippen molar-refractivity contribution in [3.8, 4) is 11.8 Å². The van der Waals surface area contributed by atoms with Crippen LogP contribution in [0.1, 0.15) is 43.6 Å². The molecule has 2 aliphatic rings. The van der Waals surface area contributed by atoms with Crippen molar-refractivity contribution in [1.82, 2.24) is 9.88 Å². The molecule has 0 unspecified atom stereocenters. The van der Waals surface area contributed by atoms with Crippen LogP contribution in [0.25, 0.3) is 0 Å². The number of ether oxygens (including phenoxy) is 1. The lowest BCUT2D eigenvalue weighted by Crippen LogP contribution is -2.76. The number of aromatic nitrogens is 1. The third kappa shape index (κ3) is 4.55. The first kappa shape index (κ1) is 26.1. The van der Waals surface area contributed by atoms with E-state index in [1.165, 1.54) is 0 Å². The van der Waals surface area contributed by atoms with Gasteiger partial charge in [0.2, 0.25) is 5.91 Å². The van der Waals surface area contributed by atoms with E-state index in [2.05, 4.69) is 48.5 Å². The number of hydrogen-bond acceptors (Lipinski definition) is 6. The molecule has 1 aromatic heterocycles. The molecule has 2 N–H and O–H groups in total. The molecule has 1 saturated heterocycles. The van der Waals surface area contributed by atoms with Gasteiger partial charge in [0.15, 0.2) is 0 Å². The average molecular weight is 504 g/mol. The molecule has 9 heteroatoms. The maximum Gasteiger partial charge on any atom is 0.250 e. The van der Waals surface area contributed by atoms with E-state index in [0.29, 0.717) is 27.9 Å². The maximum absolute atomic E-state index is 11.3. The fourth-order valence-corrected chi connectivity index (χ4v) is 6.29. The van der Waals surface area contributed by atoms with E-state index in [1.54, 1.807) is 24.4 Å². The number of carbonyl (C=O) groups excluding carboxylic acids is 1. The summed E-state index contributed by atoms with van der Waals surface area (Å²) in [4.78, 5) is 20.5. The maximum atomic E-state index is 11.3. The van der Waals surface area contributed by atoms with E-state index in [-0.39, 0.29) is 29.3 Å². The Bertz CT molecular complexity index is 1070. The molecule has 34 heavy (non-hydrogen) atoms. The number of pyridine rings is 1. The first-order valence-electron chi connectivity index (χ1n) is 11.2. The molecule has 0 bridgehead atoms. The van der Waals surface area contributed by atoms with Crippen LogP contribution in [0.4, 0.5) is 5.82 Å². The second-order valence-electron chi connectivity index (χ2n) is 10.1. The summed E-state index contributed by atoms with van der Waals surface area (Å²) in [6, 6.07) is 11.3. The van der Waals surface area contributed by atoms with Crippen molar-refractivity contribution in [3.63, 3.8) is 0 Å². The van der Waals surface area contributed by atoms with Crippen LogP contribution in [0, 0.1) is 22.2 Å². The van der Waals surface area contributed by atoms with E-state index >= 15 is 0 Å². The fourth-order valence-electron chi connectivity index (χ4n) is 6.08. The SMILES string of the molecule is CC1(C)C(Oc2ccc(C#N)c(Cl)c2)C(C)(C)C1N1CCN(c2ccc(C(N)=O)cn2)CC1.Cl. The third-order valence-electron chi connectivity index (χ3n) is 7.11. The van der Waals surface area contributed by atoms with Crippen LogP contribution in [-0.4, -0.2) is 54.1 Å². The molecule has 0 atom stereocenters. The Labute approximate surface area is 212 Å². The zero-order valence-electron chi connectivity index (χ0n) is 19.9. The van der Waals surface area contributed by atoms with Crippen molar-refractivity contribution in [3.05, 3.63) is 52.7 Å². The van der Waals surface area contributed by atoms with Gasteiger partial charge in [0.25, 0.3) is 0 Å². The number of primary amides is 1. The molecule has 1 amide bonds. The van der Waals surface area contributed by atoms with Crippen LogP contribution >= 0.6 is 24.0 Å². The summed E-state index contributed by atoms with van der Waals surface area (Å²) in [5.41, 5.74) is 6.06. The Morgan fingerprint density at radius 2 is 1.79 bits per heavy atom. The van der Waals surface area contributed by atoms with Crippen LogP contribution in [0.3, 0.4) is 0 Å². The number of benzene rings is 1. The van der Waals surface area contributed by atoms with Gasteiger partial charge in [-0.2, -0.15) is 5.26 Å². The molecular formula is C25H31Cl2N5O2. The molecule has 2 aromatic rings. The second-order valence-corrected chi connectivity index (χ2v) is 10.5. The van der Waals surface area contributed by atoms with Crippen LogP contribution in [0.2, 0.25) is 5.02 Å². The third-order valence-corrected chi connectivity index (χ3v) is 7.42. The molecule has 1 saturated carbocycles. The van der Waals surface area contributed by atoms with Gasteiger partial charge in [-0.3, -0.25) is 9.69 Å². The van der Waals surface area contributed by atoms with Crippen molar-refractivity contribution in [2.75, 3.05) is 31.1 Å². The van der Waals surface area contributed by atoms with Crippen molar-refractivity contribution in [2.24, 2.45) is 16.6 Å². The van der Waals surface area contributed by atoms with Crippen LogP contribution in [0.15, 0.2) is 36.5 Å². The van der Waals surface area contributed by atoms with Crippen LogP contribution in [0.5, 0.6) is 5.75 Å². The Kier molecular flexibility index (Phi) is 7.37. The molecule has 0 radical (unpaired) electrons. The fraction of sp³-hybridized carbons (Fsp3) is 0.480. The van der Waals surface area contributed by atoms with Gasteiger partial charge >= 0.3 is 0 Å². The first-order chi connectivity index (χ1) is 15.6. The number of rotatable bonds is 5. The standard InChI is InChI=1S/C25H30ClN5O2.ClH/c1-24(2)22(25(3,4)23(24)33-18-7-5-16(14-27)19(26)13-18)31-11-9-30(10-12-31)20-8-6-17(15-29-20)21(28)32;/h5-8,13,15,22-23H,9-12H2,1-4H3,(H2,28,32);1H. The van der Waals surface area contributed by atoms with Crippen molar-refractivity contribution < 1.29 is 9.53 Å². The summed E-state index contributed by atoms with van der Waals surface area (Å²) in [5, 5.41) is 9.52. The number of nitriles is 1. The molecule has 4 rings (SSSR count). The number of amides is 1. The highest BCUT2D eigenvalue weighted by molar-refractivity contribution is 6.31. The monoisotopic (exact) mass is 503 g/mol. The largest absolute Gasteiger partial charge is 0.489 e. The highest BCUT2D eigenvalue weighted by atomic mass is 35.5. The number of halogens is 2. The van der Waals surface area contributed by atoms with Gasteiger partial charge in [-0.15, -0.1) is 12.4 Å². The minimum absolute atomic E-state index is 0. The summed E-state index contributed by atoms with van der Waals surface area (Å²) >= 11 is 6.21. The van der Waals surface area contributed by atoms with Gasteiger partial charge in [0.05, 0.1) is 16.1 Å². The summed E-state index contributed by atoms with van der Waals surface area (Å²) in [6.45, 7) is 12.6.